The zero-order valence-electron chi connectivity index (χ0n) is 14.1. The van der Waals surface area contributed by atoms with Crippen molar-refractivity contribution in [2.45, 2.75) is 40.7 Å². The Bertz CT molecular complexity index is 604. The van der Waals surface area contributed by atoms with Gasteiger partial charge in [0.15, 0.2) is 0 Å². The number of hydrogen-bond donors (Lipinski definition) is 1. The molecule has 0 aliphatic heterocycles. The molecule has 0 spiro atoms. The van der Waals surface area contributed by atoms with Crippen LogP contribution in [-0.2, 0) is 13.0 Å². The van der Waals surface area contributed by atoms with Crippen molar-refractivity contribution in [2.24, 2.45) is 5.92 Å². The van der Waals surface area contributed by atoms with Gasteiger partial charge >= 0.3 is 0 Å². The first kappa shape index (κ1) is 16.4. The van der Waals surface area contributed by atoms with Crippen LogP contribution in [0.15, 0.2) is 42.5 Å². The molecule has 2 aromatic carbocycles. The number of aryl methyl sites for hydroxylation is 2. The maximum absolute atomic E-state index is 5.93. The molecular weight excluding hydrogens is 270 g/mol. The van der Waals surface area contributed by atoms with Crippen molar-refractivity contribution in [3.05, 3.63) is 59.2 Å². The van der Waals surface area contributed by atoms with Gasteiger partial charge in [-0.25, -0.2) is 0 Å². The van der Waals surface area contributed by atoms with Crippen LogP contribution in [0.1, 0.15) is 37.5 Å². The first-order chi connectivity index (χ1) is 10.6. The van der Waals surface area contributed by atoms with E-state index in [1.807, 2.05) is 6.07 Å². The minimum atomic E-state index is 0.532. The van der Waals surface area contributed by atoms with E-state index in [1.165, 1.54) is 22.4 Å². The van der Waals surface area contributed by atoms with E-state index in [1.54, 1.807) is 0 Å². The van der Waals surface area contributed by atoms with E-state index in [4.69, 9.17) is 4.74 Å². The van der Waals surface area contributed by atoms with E-state index < -0.39 is 0 Å². The standard InChI is InChI=1S/C20H27NO/c1-5-17-11-8-9-16(4)20(17)21-13-18-10-6-7-12-19(18)22-14-15(2)3/h6-12,15,21H,5,13-14H2,1-4H3. The van der Waals surface area contributed by atoms with Crippen molar-refractivity contribution in [3.8, 4) is 5.75 Å². The van der Waals surface area contributed by atoms with Gasteiger partial charge < -0.3 is 10.1 Å². The lowest BCUT2D eigenvalue weighted by Crippen LogP contribution is -2.09. The molecule has 2 heteroatoms. The second-order valence-corrected chi connectivity index (χ2v) is 6.13. The van der Waals surface area contributed by atoms with Gasteiger partial charge in [0.25, 0.3) is 0 Å². The van der Waals surface area contributed by atoms with Crippen LogP contribution in [-0.4, -0.2) is 6.61 Å². The molecule has 2 nitrogen and oxygen atoms in total. The highest BCUT2D eigenvalue weighted by Crippen LogP contribution is 2.24. The van der Waals surface area contributed by atoms with Crippen molar-refractivity contribution in [1.82, 2.24) is 0 Å². The number of anilines is 1. The molecule has 0 aromatic heterocycles. The van der Waals surface area contributed by atoms with Crippen molar-refractivity contribution < 1.29 is 4.74 Å². The summed E-state index contributed by atoms with van der Waals surface area (Å²) in [5, 5.41) is 3.60. The van der Waals surface area contributed by atoms with Gasteiger partial charge in [-0.05, 0) is 36.5 Å². The molecule has 0 aliphatic rings. The number of rotatable bonds is 7. The van der Waals surface area contributed by atoms with Gasteiger partial charge in [0, 0.05) is 17.8 Å². The molecule has 0 aliphatic carbocycles. The highest BCUT2D eigenvalue weighted by molar-refractivity contribution is 5.57. The monoisotopic (exact) mass is 297 g/mol. The molecule has 0 amide bonds. The molecule has 118 valence electrons. The van der Waals surface area contributed by atoms with Gasteiger partial charge in [-0.3, -0.25) is 0 Å². The van der Waals surface area contributed by atoms with E-state index in [2.05, 4.69) is 69.4 Å². The van der Waals surface area contributed by atoms with Crippen molar-refractivity contribution in [3.63, 3.8) is 0 Å². The summed E-state index contributed by atoms with van der Waals surface area (Å²) in [4.78, 5) is 0. The third-order valence-electron chi connectivity index (χ3n) is 3.74. The molecule has 0 fully saturated rings. The smallest absolute Gasteiger partial charge is 0.124 e. The van der Waals surface area contributed by atoms with Crippen LogP contribution in [0.5, 0.6) is 5.75 Å². The van der Waals surface area contributed by atoms with Gasteiger partial charge in [0.2, 0.25) is 0 Å². The molecule has 1 N–H and O–H groups in total. The van der Waals surface area contributed by atoms with Crippen LogP contribution >= 0.6 is 0 Å². The highest BCUT2D eigenvalue weighted by atomic mass is 16.5. The number of ether oxygens (including phenoxy) is 1. The fourth-order valence-corrected chi connectivity index (χ4v) is 2.51. The van der Waals surface area contributed by atoms with Gasteiger partial charge in [0.05, 0.1) is 6.61 Å². The van der Waals surface area contributed by atoms with Crippen LogP contribution < -0.4 is 10.1 Å². The summed E-state index contributed by atoms with van der Waals surface area (Å²) in [6, 6.07) is 14.8. The predicted octanol–water partition coefficient (Wildman–Crippen LogP) is 5.20. The molecule has 22 heavy (non-hydrogen) atoms. The van der Waals surface area contributed by atoms with Gasteiger partial charge in [-0.2, -0.15) is 0 Å². The third-order valence-corrected chi connectivity index (χ3v) is 3.74. The molecule has 0 bridgehead atoms. The average molecular weight is 297 g/mol. The molecule has 0 unspecified atom stereocenters. The molecular formula is C20H27NO. The van der Waals surface area contributed by atoms with Gasteiger partial charge in [-0.15, -0.1) is 0 Å². The Morgan fingerprint density at radius 1 is 1.00 bits per heavy atom. The van der Waals surface area contributed by atoms with E-state index in [0.717, 1.165) is 25.3 Å². The Balaban J connectivity index is 2.12. The quantitative estimate of drug-likeness (QED) is 0.758. The zero-order valence-corrected chi connectivity index (χ0v) is 14.1. The minimum absolute atomic E-state index is 0.532. The molecule has 0 saturated heterocycles. The molecule has 2 aromatic rings. The van der Waals surface area contributed by atoms with Crippen LogP contribution in [0.25, 0.3) is 0 Å². The fourth-order valence-electron chi connectivity index (χ4n) is 2.51. The Hall–Kier alpha value is -1.96. The highest BCUT2D eigenvalue weighted by Gasteiger charge is 2.07. The summed E-state index contributed by atoms with van der Waals surface area (Å²) in [6.45, 7) is 10.2. The SMILES string of the molecule is CCc1cccc(C)c1NCc1ccccc1OCC(C)C. The largest absolute Gasteiger partial charge is 0.493 e. The summed E-state index contributed by atoms with van der Waals surface area (Å²) in [6.07, 6.45) is 1.04. The summed E-state index contributed by atoms with van der Waals surface area (Å²) < 4.78 is 5.93. The normalized spacial score (nSPS) is 10.8. The van der Waals surface area contributed by atoms with E-state index in [9.17, 15) is 0 Å². The summed E-state index contributed by atoms with van der Waals surface area (Å²) in [5.74, 6) is 1.51. The summed E-state index contributed by atoms with van der Waals surface area (Å²) in [7, 11) is 0. The fraction of sp³-hybridized carbons (Fsp3) is 0.400. The van der Waals surface area contributed by atoms with Crippen LogP contribution in [0, 0.1) is 12.8 Å². The first-order valence-electron chi connectivity index (χ1n) is 8.14. The van der Waals surface area contributed by atoms with Gasteiger partial charge in [0.1, 0.15) is 5.75 Å². The Kier molecular flexibility index (Phi) is 5.88. The Morgan fingerprint density at radius 2 is 1.73 bits per heavy atom. The van der Waals surface area contributed by atoms with Crippen molar-refractivity contribution >= 4 is 5.69 Å². The molecule has 0 radical (unpaired) electrons. The molecule has 2 rings (SSSR count). The number of benzene rings is 2. The average Bonchev–Trinajstić information content (AvgIpc) is 2.52. The third kappa shape index (κ3) is 4.27. The molecule has 0 atom stereocenters. The Labute approximate surface area is 134 Å². The first-order valence-corrected chi connectivity index (χ1v) is 8.14. The van der Waals surface area contributed by atoms with E-state index in [0.29, 0.717) is 5.92 Å². The maximum atomic E-state index is 5.93. The minimum Gasteiger partial charge on any atom is -0.493 e. The molecule has 0 heterocycles. The second-order valence-electron chi connectivity index (χ2n) is 6.13. The van der Waals surface area contributed by atoms with Crippen molar-refractivity contribution in [2.75, 3.05) is 11.9 Å². The van der Waals surface area contributed by atoms with E-state index >= 15 is 0 Å². The zero-order chi connectivity index (χ0) is 15.9. The number of nitrogens with one attached hydrogen (secondary N) is 1. The second kappa shape index (κ2) is 7.88. The predicted molar refractivity (Wildman–Crippen MR) is 94.7 cm³/mol. The molecule has 0 saturated carbocycles. The van der Waals surface area contributed by atoms with Gasteiger partial charge in [-0.1, -0.05) is 57.2 Å². The van der Waals surface area contributed by atoms with Crippen LogP contribution in [0.2, 0.25) is 0 Å². The van der Waals surface area contributed by atoms with Crippen molar-refractivity contribution in [1.29, 1.82) is 0 Å². The summed E-state index contributed by atoms with van der Waals surface area (Å²) in [5.41, 5.74) is 5.11. The summed E-state index contributed by atoms with van der Waals surface area (Å²) >= 11 is 0. The number of hydrogen-bond acceptors (Lipinski definition) is 2. The number of para-hydroxylation sites is 2. The lowest BCUT2D eigenvalue weighted by molar-refractivity contribution is 0.269. The van der Waals surface area contributed by atoms with Crippen LogP contribution in [0.3, 0.4) is 0 Å². The van der Waals surface area contributed by atoms with Crippen LogP contribution in [0.4, 0.5) is 5.69 Å². The topological polar surface area (TPSA) is 21.3 Å². The maximum Gasteiger partial charge on any atom is 0.124 e. The van der Waals surface area contributed by atoms with E-state index in [-0.39, 0.29) is 0 Å². The lowest BCUT2D eigenvalue weighted by Gasteiger charge is -2.17. The Morgan fingerprint density at radius 3 is 2.45 bits per heavy atom. The lowest BCUT2D eigenvalue weighted by atomic mass is 10.1.